The Balaban J connectivity index is 1.85. The van der Waals surface area contributed by atoms with Crippen molar-refractivity contribution in [2.45, 2.75) is 39.2 Å². The Labute approximate surface area is 133 Å². The lowest BCUT2D eigenvalue weighted by atomic mass is 9.69. The zero-order valence-electron chi connectivity index (χ0n) is 12.7. The molecule has 1 aromatic heterocycles. The second-order valence-electron chi connectivity index (χ2n) is 6.45. The number of carbonyl (C=O) groups is 1. The van der Waals surface area contributed by atoms with Crippen LogP contribution in [0.1, 0.15) is 33.6 Å². The first kappa shape index (κ1) is 15.1. The molecule has 2 fully saturated rings. The van der Waals surface area contributed by atoms with Crippen molar-refractivity contribution in [1.29, 1.82) is 0 Å². The number of nitrogens with zero attached hydrogens (tertiary/aromatic N) is 4. The van der Waals surface area contributed by atoms with E-state index in [1.807, 2.05) is 6.92 Å². The Hall–Kier alpha value is -1.82. The summed E-state index contributed by atoms with van der Waals surface area (Å²) in [6.07, 6.45) is 3.26. The molecule has 116 valence electrons. The third-order valence-electron chi connectivity index (χ3n) is 5.05. The van der Waals surface area contributed by atoms with Crippen LogP contribution < -0.4 is 0 Å². The number of fused-ring (bicyclic) bond motifs is 2. The Morgan fingerprint density at radius 1 is 1.36 bits per heavy atom. The molecule has 3 rings (SSSR count). The zero-order chi connectivity index (χ0) is 16.0. The van der Waals surface area contributed by atoms with Crippen molar-refractivity contribution < 1.29 is 9.53 Å². The first-order chi connectivity index (χ1) is 10.3. The van der Waals surface area contributed by atoms with Crippen molar-refractivity contribution in [3.05, 3.63) is 29.1 Å². The number of aromatic nitrogens is 2. The van der Waals surface area contributed by atoms with Crippen molar-refractivity contribution >= 4 is 23.4 Å². The van der Waals surface area contributed by atoms with Gasteiger partial charge >= 0.3 is 5.97 Å². The van der Waals surface area contributed by atoms with Crippen molar-refractivity contribution in [2.75, 3.05) is 0 Å². The molecule has 2 unspecified atom stereocenters. The lowest BCUT2D eigenvalue weighted by molar-refractivity contribution is -0.172. The predicted molar refractivity (Wildman–Crippen MR) is 80.6 cm³/mol. The molecule has 1 aliphatic carbocycles. The fourth-order valence-electron chi connectivity index (χ4n) is 3.26. The first-order valence-corrected chi connectivity index (χ1v) is 7.55. The summed E-state index contributed by atoms with van der Waals surface area (Å²) in [5.74, 6) is 0.167. The number of rotatable bonds is 2. The van der Waals surface area contributed by atoms with Crippen LogP contribution in [0.5, 0.6) is 0 Å². The van der Waals surface area contributed by atoms with Crippen LogP contribution in [-0.4, -0.2) is 21.8 Å². The van der Waals surface area contributed by atoms with E-state index in [1.165, 1.54) is 6.20 Å². The number of hydrogen-bond donors (Lipinski definition) is 0. The molecule has 2 heterocycles. The van der Waals surface area contributed by atoms with Gasteiger partial charge in [0.1, 0.15) is 5.60 Å². The lowest BCUT2D eigenvalue weighted by Crippen LogP contribution is -2.49. The van der Waals surface area contributed by atoms with Gasteiger partial charge in [0.25, 0.3) is 0 Å². The summed E-state index contributed by atoms with van der Waals surface area (Å²) in [6, 6.07) is 3.18. The van der Waals surface area contributed by atoms with Gasteiger partial charge in [-0.1, -0.05) is 25.4 Å². The topological polar surface area (TPSA) is 76.8 Å². The highest BCUT2D eigenvalue weighted by atomic mass is 35.5. The van der Waals surface area contributed by atoms with E-state index >= 15 is 0 Å². The average molecular weight is 321 g/mol. The molecule has 0 radical (unpaired) electrons. The summed E-state index contributed by atoms with van der Waals surface area (Å²) < 4.78 is 5.66. The summed E-state index contributed by atoms with van der Waals surface area (Å²) in [5, 5.41) is 15.6. The third-order valence-corrected chi connectivity index (χ3v) is 5.25. The molecule has 2 bridgehead atoms. The van der Waals surface area contributed by atoms with Crippen LogP contribution in [0, 0.1) is 11.3 Å². The second kappa shape index (κ2) is 5.12. The van der Waals surface area contributed by atoms with E-state index in [-0.39, 0.29) is 17.3 Å². The molecule has 1 saturated carbocycles. The largest absolute Gasteiger partial charge is 0.455 e. The van der Waals surface area contributed by atoms with Gasteiger partial charge in [0, 0.05) is 11.3 Å². The minimum Gasteiger partial charge on any atom is -0.455 e. The third kappa shape index (κ3) is 2.31. The Kier molecular flexibility index (Phi) is 3.51. The summed E-state index contributed by atoms with van der Waals surface area (Å²) in [7, 11) is 0. The van der Waals surface area contributed by atoms with Crippen molar-refractivity contribution in [2.24, 2.45) is 21.6 Å². The maximum atomic E-state index is 12.2. The van der Waals surface area contributed by atoms with E-state index in [4.69, 9.17) is 16.3 Å². The molecule has 1 aromatic rings. The van der Waals surface area contributed by atoms with Gasteiger partial charge in [-0.2, -0.15) is 5.11 Å². The first-order valence-electron chi connectivity index (χ1n) is 7.17. The average Bonchev–Trinajstić information content (AvgIpc) is 2.59. The lowest BCUT2D eigenvalue weighted by Gasteiger charge is -2.45. The number of esters is 1. The van der Waals surface area contributed by atoms with Gasteiger partial charge in [-0.3, -0.25) is 0 Å². The van der Waals surface area contributed by atoms with Gasteiger partial charge in [-0.15, -0.1) is 15.3 Å². The van der Waals surface area contributed by atoms with Gasteiger partial charge in [-0.05, 0) is 31.9 Å². The number of carbonyl (C=O) groups excluding carboxylic acids is 1. The maximum Gasteiger partial charge on any atom is 0.336 e. The van der Waals surface area contributed by atoms with Crippen LogP contribution in [0.2, 0.25) is 5.15 Å². The highest BCUT2D eigenvalue weighted by molar-refractivity contribution is 6.29. The minimum atomic E-state index is -0.398. The van der Waals surface area contributed by atoms with Gasteiger partial charge in [0.05, 0.1) is 11.8 Å². The highest BCUT2D eigenvalue weighted by Gasteiger charge is 2.60. The van der Waals surface area contributed by atoms with Gasteiger partial charge in [0.15, 0.2) is 11.0 Å². The Morgan fingerprint density at radius 3 is 2.82 bits per heavy atom. The molecule has 2 atom stereocenters. The molecule has 1 saturated heterocycles. The molecule has 22 heavy (non-hydrogen) atoms. The van der Waals surface area contributed by atoms with Crippen molar-refractivity contribution in [3.63, 3.8) is 0 Å². The Morgan fingerprint density at radius 2 is 2.14 bits per heavy atom. The maximum absolute atomic E-state index is 12.2. The SMILES string of the molecule is CC12CCC(/C(=C\N=Nc3ccc(Cl)nn3)C(=O)O1)C2(C)C. The quantitative estimate of drug-likeness (QED) is 0.471. The Bertz CT molecular complexity index is 669. The summed E-state index contributed by atoms with van der Waals surface area (Å²) in [4.78, 5) is 12.2. The standard InChI is InChI=1S/C15H17ClN4O2/c1-14(2)10-6-7-15(14,3)22-13(21)9(10)8-17-19-12-5-4-11(16)18-20-12/h4-5,8,10H,6-7H2,1-3H3/b9-8+,19-17?. The van der Waals surface area contributed by atoms with Crippen LogP contribution in [0.3, 0.4) is 0 Å². The number of halogens is 1. The molecular formula is C15H17ClN4O2. The summed E-state index contributed by atoms with van der Waals surface area (Å²) in [6.45, 7) is 6.27. The highest BCUT2D eigenvalue weighted by Crippen LogP contribution is 2.58. The molecule has 0 spiro atoms. The number of hydrogen-bond acceptors (Lipinski definition) is 6. The molecule has 0 N–H and O–H groups in total. The number of azo groups is 1. The predicted octanol–water partition coefficient (Wildman–Crippen LogP) is 3.85. The van der Waals surface area contributed by atoms with E-state index in [9.17, 15) is 4.79 Å². The molecule has 2 aliphatic rings. The van der Waals surface area contributed by atoms with E-state index < -0.39 is 5.60 Å². The monoisotopic (exact) mass is 320 g/mol. The zero-order valence-corrected chi connectivity index (χ0v) is 13.5. The summed E-state index contributed by atoms with van der Waals surface area (Å²) >= 11 is 5.65. The van der Waals surface area contributed by atoms with E-state index in [0.717, 1.165) is 12.8 Å². The van der Waals surface area contributed by atoms with E-state index in [1.54, 1.807) is 12.1 Å². The van der Waals surface area contributed by atoms with Gasteiger partial charge in [-0.25, -0.2) is 4.79 Å². The second-order valence-corrected chi connectivity index (χ2v) is 6.83. The van der Waals surface area contributed by atoms with Crippen LogP contribution in [0.15, 0.2) is 34.1 Å². The van der Waals surface area contributed by atoms with Crippen LogP contribution in [-0.2, 0) is 9.53 Å². The van der Waals surface area contributed by atoms with Crippen molar-refractivity contribution in [3.8, 4) is 0 Å². The molecule has 1 aliphatic heterocycles. The summed E-state index contributed by atoms with van der Waals surface area (Å²) in [5.41, 5.74) is 0.0680. The van der Waals surface area contributed by atoms with Crippen LogP contribution in [0.4, 0.5) is 5.82 Å². The van der Waals surface area contributed by atoms with Crippen LogP contribution in [0.25, 0.3) is 0 Å². The smallest absolute Gasteiger partial charge is 0.336 e. The van der Waals surface area contributed by atoms with E-state index in [0.29, 0.717) is 16.5 Å². The molecule has 6 nitrogen and oxygen atoms in total. The molecule has 0 amide bonds. The fraction of sp³-hybridized carbons (Fsp3) is 0.533. The fourth-order valence-corrected chi connectivity index (χ4v) is 3.36. The van der Waals surface area contributed by atoms with Crippen molar-refractivity contribution in [1.82, 2.24) is 10.2 Å². The molecule has 0 aromatic carbocycles. The van der Waals surface area contributed by atoms with Gasteiger partial charge in [0.2, 0.25) is 0 Å². The van der Waals surface area contributed by atoms with Gasteiger partial charge < -0.3 is 4.74 Å². The number of ether oxygens (including phenoxy) is 1. The molecular weight excluding hydrogens is 304 g/mol. The normalized spacial score (nSPS) is 31.7. The van der Waals surface area contributed by atoms with Crippen LogP contribution >= 0.6 is 11.6 Å². The minimum absolute atomic E-state index is 0.109. The van der Waals surface area contributed by atoms with E-state index in [2.05, 4.69) is 34.3 Å². The molecule has 7 heteroatoms.